The normalized spacial score (nSPS) is 12.4. The minimum absolute atomic E-state index is 0.000980. The van der Waals surface area contributed by atoms with Crippen molar-refractivity contribution in [2.24, 2.45) is 0 Å². The summed E-state index contributed by atoms with van der Waals surface area (Å²) in [4.78, 5) is 11.4. The van der Waals surface area contributed by atoms with E-state index in [0.29, 0.717) is 0 Å². The van der Waals surface area contributed by atoms with Gasteiger partial charge in [0.15, 0.2) is 0 Å². The standard InChI is InChI=1S/C9H16N4O3S/c1-9(2,3)13-8(14)6-12-17(15,16)7-4-10-11-5-7/h4-5,12H,6H2,1-3H3,(H,10,11)(H,13,14). The van der Waals surface area contributed by atoms with Crippen molar-refractivity contribution < 1.29 is 13.2 Å². The quantitative estimate of drug-likeness (QED) is 0.685. The summed E-state index contributed by atoms with van der Waals surface area (Å²) in [5.41, 5.74) is -0.391. The molecule has 0 radical (unpaired) electrons. The van der Waals surface area contributed by atoms with Gasteiger partial charge >= 0.3 is 0 Å². The van der Waals surface area contributed by atoms with Crippen LogP contribution in [0.15, 0.2) is 17.3 Å². The van der Waals surface area contributed by atoms with Crippen molar-refractivity contribution >= 4 is 15.9 Å². The molecular weight excluding hydrogens is 244 g/mol. The van der Waals surface area contributed by atoms with Crippen molar-refractivity contribution in [2.45, 2.75) is 31.2 Å². The van der Waals surface area contributed by atoms with Crippen LogP contribution in [0.3, 0.4) is 0 Å². The lowest BCUT2D eigenvalue weighted by molar-refractivity contribution is -0.121. The minimum Gasteiger partial charge on any atom is -0.350 e. The van der Waals surface area contributed by atoms with Gasteiger partial charge in [0.1, 0.15) is 4.90 Å². The van der Waals surface area contributed by atoms with Gasteiger partial charge < -0.3 is 5.32 Å². The smallest absolute Gasteiger partial charge is 0.244 e. The summed E-state index contributed by atoms with van der Waals surface area (Å²) in [5, 5.41) is 8.57. The molecule has 0 bridgehead atoms. The Kier molecular flexibility index (Phi) is 3.89. The molecule has 0 aliphatic rings. The fourth-order valence-electron chi connectivity index (χ4n) is 1.09. The summed E-state index contributed by atoms with van der Waals surface area (Å²) in [6.45, 7) is 5.14. The first-order valence-corrected chi connectivity index (χ1v) is 6.48. The SMILES string of the molecule is CC(C)(C)NC(=O)CNS(=O)(=O)c1cn[nH]c1. The van der Waals surface area contributed by atoms with Gasteiger partial charge in [-0.2, -0.15) is 5.10 Å². The number of aromatic amines is 1. The predicted molar refractivity (Wildman–Crippen MR) is 61.7 cm³/mol. The second-order valence-corrected chi connectivity index (χ2v) is 6.32. The Labute approximate surface area is 100 Å². The molecule has 17 heavy (non-hydrogen) atoms. The average molecular weight is 260 g/mol. The number of nitrogens with one attached hydrogen (secondary N) is 3. The van der Waals surface area contributed by atoms with Crippen LogP contribution >= 0.6 is 0 Å². The van der Waals surface area contributed by atoms with Gasteiger partial charge in [-0.05, 0) is 20.8 Å². The monoisotopic (exact) mass is 260 g/mol. The fourth-order valence-corrected chi connectivity index (χ4v) is 1.98. The highest BCUT2D eigenvalue weighted by Gasteiger charge is 2.18. The molecule has 7 nitrogen and oxygen atoms in total. The Morgan fingerprint density at radius 1 is 1.47 bits per heavy atom. The van der Waals surface area contributed by atoms with Gasteiger partial charge in [-0.3, -0.25) is 9.89 Å². The molecule has 0 unspecified atom stereocenters. The third-order valence-electron chi connectivity index (χ3n) is 1.72. The third kappa shape index (κ3) is 4.53. The number of hydrogen-bond donors (Lipinski definition) is 3. The first kappa shape index (κ1) is 13.7. The van der Waals surface area contributed by atoms with E-state index in [1.807, 2.05) is 20.8 Å². The Morgan fingerprint density at radius 2 is 2.12 bits per heavy atom. The molecule has 0 aliphatic carbocycles. The highest BCUT2D eigenvalue weighted by atomic mass is 32.2. The number of carbonyl (C=O) groups excluding carboxylic acids is 1. The first-order valence-electron chi connectivity index (χ1n) is 5.00. The van der Waals surface area contributed by atoms with Gasteiger partial charge in [0.2, 0.25) is 15.9 Å². The summed E-state index contributed by atoms with van der Waals surface area (Å²) in [6.07, 6.45) is 2.41. The van der Waals surface area contributed by atoms with Crippen LogP contribution in [0.5, 0.6) is 0 Å². The Bertz CT molecular complexity index is 473. The van der Waals surface area contributed by atoms with E-state index in [1.54, 1.807) is 0 Å². The van der Waals surface area contributed by atoms with Crippen molar-refractivity contribution in [1.29, 1.82) is 0 Å². The van der Waals surface area contributed by atoms with Crippen molar-refractivity contribution in [3.8, 4) is 0 Å². The molecule has 0 atom stereocenters. The van der Waals surface area contributed by atoms with Crippen LogP contribution in [0.25, 0.3) is 0 Å². The van der Waals surface area contributed by atoms with E-state index in [9.17, 15) is 13.2 Å². The molecule has 0 fully saturated rings. The third-order valence-corrected chi connectivity index (χ3v) is 3.09. The van der Waals surface area contributed by atoms with E-state index in [1.165, 1.54) is 12.4 Å². The maximum Gasteiger partial charge on any atom is 0.244 e. The number of rotatable bonds is 4. The van der Waals surface area contributed by atoms with Crippen LogP contribution in [-0.4, -0.2) is 36.6 Å². The number of hydrogen-bond acceptors (Lipinski definition) is 4. The van der Waals surface area contributed by atoms with Crippen LogP contribution in [0, 0.1) is 0 Å². The summed E-state index contributed by atoms with van der Waals surface area (Å²) in [6, 6.07) is 0. The number of H-pyrrole nitrogens is 1. The first-order chi connectivity index (χ1) is 7.71. The molecule has 0 aromatic carbocycles. The van der Waals surface area contributed by atoms with Gasteiger partial charge in [0.25, 0.3) is 0 Å². The molecule has 1 amide bonds. The zero-order valence-electron chi connectivity index (χ0n) is 9.94. The molecule has 1 heterocycles. The highest BCUT2D eigenvalue weighted by molar-refractivity contribution is 7.89. The number of nitrogens with zero attached hydrogens (tertiary/aromatic N) is 1. The van der Waals surface area contributed by atoms with E-state index >= 15 is 0 Å². The van der Waals surface area contributed by atoms with Crippen LogP contribution in [0.1, 0.15) is 20.8 Å². The Hall–Kier alpha value is -1.41. The molecule has 8 heteroatoms. The second-order valence-electron chi connectivity index (χ2n) is 4.56. The second kappa shape index (κ2) is 4.84. The van der Waals surface area contributed by atoms with Gasteiger partial charge in [0, 0.05) is 11.7 Å². The van der Waals surface area contributed by atoms with Gasteiger partial charge in [-0.1, -0.05) is 0 Å². The maximum absolute atomic E-state index is 11.6. The topological polar surface area (TPSA) is 104 Å². The fraction of sp³-hybridized carbons (Fsp3) is 0.556. The van der Waals surface area contributed by atoms with Crippen molar-refractivity contribution in [3.63, 3.8) is 0 Å². The Balaban J connectivity index is 2.55. The molecular formula is C9H16N4O3S. The number of aromatic nitrogens is 2. The lowest BCUT2D eigenvalue weighted by Gasteiger charge is -2.20. The van der Waals surface area contributed by atoms with Crippen LogP contribution < -0.4 is 10.0 Å². The molecule has 0 aliphatic heterocycles. The van der Waals surface area contributed by atoms with Crippen molar-refractivity contribution in [1.82, 2.24) is 20.2 Å². The predicted octanol–water partition coefficient (Wildman–Crippen LogP) is -0.397. The minimum atomic E-state index is -3.67. The summed E-state index contributed by atoms with van der Waals surface area (Å²) in [7, 11) is -3.67. The van der Waals surface area contributed by atoms with Crippen LogP contribution in [0.2, 0.25) is 0 Å². The van der Waals surface area contributed by atoms with E-state index in [0.717, 1.165) is 0 Å². The molecule has 0 saturated heterocycles. The highest BCUT2D eigenvalue weighted by Crippen LogP contribution is 2.03. The largest absolute Gasteiger partial charge is 0.350 e. The number of carbonyl (C=O) groups is 1. The molecule has 0 saturated carbocycles. The molecule has 1 aromatic heterocycles. The van der Waals surface area contributed by atoms with Gasteiger partial charge in [0.05, 0.1) is 12.7 Å². The maximum atomic E-state index is 11.6. The Morgan fingerprint density at radius 3 is 2.59 bits per heavy atom. The van der Waals surface area contributed by atoms with Gasteiger partial charge in [-0.25, -0.2) is 13.1 Å². The molecule has 1 rings (SSSR count). The average Bonchev–Trinajstić information content (AvgIpc) is 2.65. The van der Waals surface area contributed by atoms with Gasteiger partial charge in [-0.15, -0.1) is 0 Å². The van der Waals surface area contributed by atoms with Crippen molar-refractivity contribution in [3.05, 3.63) is 12.4 Å². The summed E-state index contributed by atoms with van der Waals surface area (Å²) >= 11 is 0. The lowest BCUT2D eigenvalue weighted by Crippen LogP contribution is -2.45. The van der Waals surface area contributed by atoms with E-state index in [2.05, 4.69) is 20.2 Å². The molecule has 0 spiro atoms. The zero-order chi connectivity index (χ0) is 13.1. The van der Waals surface area contributed by atoms with Crippen molar-refractivity contribution in [2.75, 3.05) is 6.54 Å². The summed E-state index contributed by atoms with van der Waals surface area (Å²) < 4.78 is 25.4. The van der Waals surface area contributed by atoms with E-state index in [4.69, 9.17) is 0 Å². The van der Waals surface area contributed by atoms with E-state index < -0.39 is 15.6 Å². The van der Waals surface area contributed by atoms with Crippen LogP contribution in [0.4, 0.5) is 0 Å². The zero-order valence-corrected chi connectivity index (χ0v) is 10.8. The number of sulfonamides is 1. The van der Waals surface area contributed by atoms with E-state index in [-0.39, 0.29) is 17.3 Å². The molecule has 1 aromatic rings. The molecule has 96 valence electrons. The number of amides is 1. The van der Waals surface area contributed by atoms with Crippen LogP contribution in [-0.2, 0) is 14.8 Å². The summed E-state index contributed by atoms with van der Waals surface area (Å²) in [5.74, 6) is -0.385. The lowest BCUT2D eigenvalue weighted by atomic mass is 10.1. The molecule has 3 N–H and O–H groups in total.